The van der Waals surface area contributed by atoms with E-state index in [4.69, 9.17) is 4.42 Å². The molecule has 1 heterocycles. The van der Waals surface area contributed by atoms with Crippen molar-refractivity contribution < 1.29 is 4.42 Å². The Kier molecular flexibility index (Phi) is 2.01. The molecule has 0 saturated carbocycles. The lowest BCUT2D eigenvalue weighted by Crippen LogP contribution is -1.60. The molecule has 3 heteroatoms. The van der Waals surface area contributed by atoms with Crippen LogP contribution in [0.2, 0.25) is 0 Å². The Bertz CT molecular complexity index is 205. The summed E-state index contributed by atoms with van der Waals surface area (Å²) < 4.78 is 7.28. The molecule has 0 N–H and O–H groups in total. The monoisotopic (exact) mass is 252 g/mol. The zero-order valence-corrected chi connectivity index (χ0v) is 8.34. The molecular weight excluding hydrogens is 248 g/mol. The summed E-state index contributed by atoms with van der Waals surface area (Å²) in [5, 5.41) is 0. The second-order valence-corrected chi connectivity index (χ2v) is 3.43. The molecule has 1 rings (SSSR count). The van der Waals surface area contributed by atoms with Gasteiger partial charge in [-0.05, 0) is 45.7 Å². The Hall–Kier alpha value is 0.240. The van der Waals surface area contributed by atoms with Gasteiger partial charge in [-0.25, -0.2) is 0 Å². The molecule has 0 saturated heterocycles. The van der Waals surface area contributed by atoms with E-state index in [9.17, 15) is 0 Å². The lowest BCUT2D eigenvalue weighted by atomic mass is 10.5. The van der Waals surface area contributed by atoms with Crippen LogP contribution in [0.3, 0.4) is 0 Å². The first-order chi connectivity index (χ1) is 4.13. The van der Waals surface area contributed by atoms with Gasteiger partial charge >= 0.3 is 0 Å². The number of halogens is 2. The Labute approximate surface area is 70.7 Å². The summed E-state index contributed by atoms with van der Waals surface area (Å²) in [6, 6.07) is 0. The molecular formula is C6H6Br2O. The Morgan fingerprint density at radius 2 is 1.33 bits per heavy atom. The highest BCUT2D eigenvalue weighted by atomic mass is 79.9. The summed E-state index contributed by atoms with van der Waals surface area (Å²) in [6.45, 7) is 3.84. The van der Waals surface area contributed by atoms with Crippen molar-refractivity contribution in [3.63, 3.8) is 0 Å². The van der Waals surface area contributed by atoms with Crippen molar-refractivity contribution in [2.24, 2.45) is 0 Å². The lowest BCUT2D eigenvalue weighted by Gasteiger charge is -1.80. The third-order valence-electron chi connectivity index (χ3n) is 1.12. The SMILES string of the molecule is Cc1oc(C)c(Br)c1Br. The van der Waals surface area contributed by atoms with Crippen LogP contribution < -0.4 is 0 Å². The number of furan rings is 1. The first kappa shape index (κ1) is 7.35. The molecule has 1 aromatic rings. The third-order valence-corrected chi connectivity index (χ3v) is 3.56. The first-order valence-corrected chi connectivity index (χ1v) is 4.12. The molecule has 0 amide bonds. The van der Waals surface area contributed by atoms with Crippen LogP contribution in [0, 0.1) is 13.8 Å². The number of rotatable bonds is 0. The number of hydrogen-bond acceptors (Lipinski definition) is 1. The van der Waals surface area contributed by atoms with E-state index >= 15 is 0 Å². The number of aryl methyl sites for hydroxylation is 2. The number of hydrogen-bond donors (Lipinski definition) is 0. The molecule has 1 aromatic heterocycles. The summed E-state index contributed by atoms with van der Waals surface area (Å²) in [5.41, 5.74) is 0. The van der Waals surface area contributed by atoms with Gasteiger partial charge in [0.1, 0.15) is 11.5 Å². The van der Waals surface area contributed by atoms with Gasteiger partial charge < -0.3 is 4.42 Å². The molecule has 0 aromatic carbocycles. The van der Waals surface area contributed by atoms with Gasteiger partial charge in [0.15, 0.2) is 0 Å². The van der Waals surface area contributed by atoms with Crippen molar-refractivity contribution in [1.29, 1.82) is 0 Å². The van der Waals surface area contributed by atoms with Crippen LogP contribution in [0.5, 0.6) is 0 Å². The van der Waals surface area contributed by atoms with Crippen LogP contribution in [-0.4, -0.2) is 0 Å². The lowest BCUT2D eigenvalue weighted by molar-refractivity contribution is 0.502. The van der Waals surface area contributed by atoms with Crippen LogP contribution >= 0.6 is 31.9 Å². The molecule has 0 aliphatic carbocycles. The van der Waals surface area contributed by atoms with E-state index < -0.39 is 0 Å². The van der Waals surface area contributed by atoms with E-state index in [-0.39, 0.29) is 0 Å². The fourth-order valence-corrected chi connectivity index (χ4v) is 1.35. The quantitative estimate of drug-likeness (QED) is 0.691. The van der Waals surface area contributed by atoms with Crippen LogP contribution in [-0.2, 0) is 0 Å². The van der Waals surface area contributed by atoms with Crippen molar-refractivity contribution in [3.05, 3.63) is 20.5 Å². The average molecular weight is 254 g/mol. The van der Waals surface area contributed by atoms with Crippen molar-refractivity contribution in [3.8, 4) is 0 Å². The summed E-state index contributed by atoms with van der Waals surface area (Å²) in [7, 11) is 0. The van der Waals surface area contributed by atoms with Crippen molar-refractivity contribution >= 4 is 31.9 Å². The Balaban J connectivity index is 3.29. The molecule has 50 valence electrons. The minimum Gasteiger partial charge on any atom is -0.464 e. The summed E-state index contributed by atoms with van der Waals surface area (Å²) in [4.78, 5) is 0. The van der Waals surface area contributed by atoms with Gasteiger partial charge in [-0.15, -0.1) is 0 Å². The maximum atomic E-state index is 5.25. The van der Waals surface area contributed by atoms with Crippen LogP contribution in [0.25, 0.3) is 0 Å². The predicted molar refractivity (Wildman–Crippen MR) is 43.6 cm³/mol. The van der Waals surface area contributed by atoms with Gasteiger partial charge in [0.25, 0.3) is 0 Å². The van der Waals surface area contributed by atoms with Gasteiger partial charge in [0, 0.05) is 0 Å². The van der Waals surface area contributed by atoms with Crippen molar-refractivity contribution in [2.45, 2.75) is 13.8 Å². The largest absolute Gasteiger partial charge is 0.464 e. The molecule has 0 unspecified atom stereocenters. The van der Waals surface area contributed by atoms with Gasteiger partial charge in [-0.3, -0.25) is 0 Å². The molecule has 0 aliphatic heterocycles. The molecule has 9 heavy (non-hydrogen) atoms. The summed E-state index contributed by atoms with van der Waals surface area (Å²) in [5.74, 6) is 1.83. The average Bonchev–Trinajstić information content (AvgIpc) is 1.98. The maximum Gasteiger partial charge on any atom is 0.116 e. The Morgan fingerprint density at radius 3 is 1.44 bits per heavy atom. The minimum atomic E-state index is 0.916. The summed E-state index contributed by atoms with van der Waals surface area (Å²) in [6.07, 6.45) is 0. The molecule has 0 bridgehead atoms. The molecule has 0 radical (unpaired) electrons. The van der Waals surface area contributed by atoms with Gasteiger partial charge in [-0.2, -0.15) is 0 Å². The zero-order chi connectivity index (χ0) is 7.02. The highest BCUT2D eigenvalue weighted by Crippen LogP contribution is 2.31. The van der Waals surface area contributed by atoms with E-state index in [1.54, 1.807) is 0 Å². The van der Waals surface area contributed by atoms with Crippen molar-refractivity contribution in [2.75, 3.05) is 0 Å². The zero-order valence-electron chi connectivity index (χ0n) is 5.16. The Morgan fingerprint density at radius 1 is 1.00 bits per heavy atom. The van der Waals surface area contributed by atoms with Crippen LogP contribution in [0.15, 0.2) is 13.4 Å². The smallest absolute Gasteiger partial charge is 0.116 e. The molecule has 1 nitrogen and oxygen atoms in total. The highest BCUT2D eigenvalue weighted by Gasteiger charge is 2.07. The second-order valence-electron chi connectivity index (χ2n) is 1.84. The minimum absolute atomic E-state index is 0.916. The standard InChI is InChI=1S/C6H6Br2O/c1-3-5(7)6(8)4(2)9-3/h1-2H3. The fourth-order valence-electron chi connectivity index (χ4n) is 0.628. The topological polar surface area (TPSA) is 13.1 Å². The second kappa shape index (κ2) is 2.46. The third kappa shape index (κ3) is 1.22. The molecule has 0 aliphatic rings. The molecule has 0 fully saturated rings. The van der Waals surface area contributed by atoms with Crippen molar-refractivity contribution in [1.82, 2.24) is 0 Å². The van der Waals surface area contributed by atoms with E-state index in [2.05, 4.69) is 31.9 Å². The highest BCUT2D eigenvalue weighted by molar-refractivity contribution is 9.13. The molecule has 0 atom stereocenters. The van der Waals surface area contributed by atoms with Gasteiger partial charge in [0.05, 0.1) is 8.95 Å². The first-order valence-electron chi connectivity index (χ1n) is 2.54. The van der Waals surface area contributed by atoms with Crippen LogP contribution in [0.1, 0.15) is 11.5 Å². The predicted octanol–water partition coefficient (Wildman–Crippen LogP) is 3.42. The molecule has 0 spiro atoms. The normalized spacial score (nSPS) is 10.2. The maximum absolute atomic E-state index is 5.25. The van der Waals surface area contributed by atoms with E-state index in [1.165, 1.54) is 0 Å². The van der Waals surface area contributed by atoms with E-state index in [1.807, 2.05) is 13.8 Å². The fraction of sp³-hybridized carbons (Fsp3) is 0.333. The van der Waals surface area contributed by atoms with Gasteiger partial charge in [0.2, 0.25) is 0 Å². The van der Waals surface area contributed by atoms with E-state index in [0.29, 0.717) is 0 Å². The van der Waals surface area contributed by atoms with E-state index in [0.717, 1.165) is 20.5 Å². The summed E-state index contributed by atoms with van der Waals surface area (Å²) >= 11 is 6.72. The van der Waals surface area contributed by atoms with Gasteiger partial charge in [-0.1, -0.05) is 0 Å². The van der Waals surface area contributed by atoms with Crippen LogP contribution in [0.4, 0.5) is 0 Å².